The minimum absolute atomic E-state index is 0.0875. The van der Waals surface area contributed by atoms with Gasteiger partial charge in [-0.1, -0.05) is 26.3 Å². The van der Waals surface area contributed by atoms with Crippen molar-refractivity contribution in [2.45, 2.75) is 65.7 Å². The van der Waals surface area contributed by atoms with Crippen LogP contribution in [0.5, 0.6) is 0 Å². The molecule has 4 aliphatic rings. The summed E-state index contributed by atoms with van der Waals surface area (Å²) in [5, 5.41) is 9.18. The number of fused-ring (bicyclic) bond motifs is 5. The summed E-state index contributed by atoms with van der Waals surface area (Å²) in [6, 6.07) is 0. The zero-order valence-corrected chi connectivity index (χ0v) is 16.0. The van der Waals surface area contributed by atoms with E-state index < -0.39 is 11.8 Å². The van der Waals surface area contributed by atoms with E-state index in [-0.39, 0.29) is 16.6 Å². The van der Waals surface area contributed by atoms with Crippen LogP contribution < -0.4 is 0 Å². The summed E-state index contributed by atoms with van der Waals surface area (Å²) in [5.74, 6) is -0.234. The molecule has 0 aromatic carbocycles. The molecule has 4 heteroatoms. The Morgan fingerprint density at radius 3 is 2.54 bits per heavy atom. The SMILES string of the molecule is C[C@@H]1CC2=CC(=O)CC[C@]2(C)[C@H]2CC[C@]3(C)C(=C(F)C(=O)O)CC[C@H]3[C@H]12. The molecule has 0 radical (unpaired) electrons. The number of carbonyl (C=O) groups is 2. The zero-order valence-electron chi connectivity index (χ0n) is 16.0. The molecule has 3 fully saturated rings. The Morgan fingerprint density at radius 1 is 1.15 bits per heavy atom. The Hall–Kier alpha value is -1.45. The first-order valence-corrected chi connectivity index (χ1v) is 10.0. The van der Waals surface area contributed by atoms with Crippen LogP contribution in [0.15, 0.2) is 23.0 Å². The summed E-state index contributed by atoms with van der Waals surface area (Å²) in [7, 11) is 0. The van der Waals surface area contributed by atoms with Gasteiger partial charge in [-0.05, 0) is 84.7 Å². The summed E-state index contributed by atoms with van der Waals surface area (Å²) in [6.07, 6.45) is 7.77. The van der Waals surface area contributed by atoms with Crippen molar-refractivity contribution in [3.8, 4) is 0 Å². The van der Waals surface area contributed by atoms with Crippen molar-refractivity contribution in [1.82, 2.24) is 0 Å². The number of ketones is 1. The van der Waals surface area contributed by atoms with E-state index in [4.69, 9.17) is 0 Å². The molecule has 1 N–H and O–H groups in total. The van der Waals surface area contributed by atoms with Gasteiger partial charge in [0.2, 0.25) is 5.83 Å². The fourth-order valence-electron chi connectivity index (χ4n) is 7.21. The highest BCUT2D eigenvalue weighted by molar-refractivity contribution is 5.91. The number of allylic oxidation sites excluding steroid dienone is 2. The van der Waals surface area contributed by atoms with Crippen molar-refractivity contribution in [1.29, 1.82) is 0 Å². The molecule has 3 nitrogen and oxygen atoms in total. The molecule has 6 atom stereocenters. The molecule has 0 unspecified atom stereocenters. The van der Waals surface area contributed by atoms with E-state index in [0.717, 1.165) is 32.1 Å². The second-order valence-corrected chi connectivity index (χ2v) is 9.62. The third-order valence-corrected chi connectivity index (χ3v) is 8.55. The van der Waals surface area contributed by atoms with Gasteiger partial charge in [0.1, 0.15) is 0 Å². The predicted octanol–water partition coefficient (Wildman–Crippen LogP) is 5.07. The predicted molar refractivity (Wildman–Crippen MR) is 97.0 cm³/mol. The average molecular weight is 360 g/mol. The second kappa shape index (κ2) is 5.77. The first kappa shape index (κ1) is 17.9. The van der Waals surface area contributed by atoms with E-state index in [1.165, 1.54) is 5.57 Å². The van der Waals surface area contributed by atoms with Gasteiger partial charge < -0.3 is 5.11 Å². The number of carboxylic acid groups (broad SMARTS) is 1. The maximum absolute atomic E-state index is 14.4. The minimum atomic E-state index is -1.41. The number of rotatable bonds is 1. The van der Waals surface area contributed by atoms with Gasteiger partial charge in [0.25, 0.3) is 0 Å². The van der Waals surface area contributed by atoms with Gasteiger partial charge in [0.05, 0.1) is 0 Å². The van der Waals surface area contributed by atoms with Crippen LogP contribution in [0.1, 0.15) is 65.7 Å². The normalized spacial score (nSPS) is 46.8. The van der Waals surface area contributed by atoms with E-state index in [0.29, 0.717) is 42.1 Å². The van der Waals surface area contributed by atoms with Crippen molar-refractivity contribution in [3.05, 3.63) is 23.0 Å². The molecule has 0 aliphatic heterocycles. The summed E-state index contributed by atoms with van der Waals surface area (Å²) < 4.78 is 14.4. The molecule has 0 amide bonds. The fourth-order valence-corrected chi connectivity index (χ4v) is 7.21. The standard InChI is InChI=1S/C22H29FO3/c1-12-10-13-11-14(24)6-8-21(13,2)16-7-9-22(3)15(18(12)16)4-5-17(22)19(23)20(25)26/h11-12,15-16,18H,4-10H2,1-3H3,(H,25,26)/t12-,15+,16+,18+,21+,22+/m1/s1. The molecule has 0 bridgehead atoms. The number of aliphatic carboxylic acids is 1. The van der Waals surface area contributed by atoms with Gasteiger partial charge in [-0.3, -0.25) is 4.79 Å². The van der Waals surface area contributed by atoms with Crippen molar-refractivity contribution in [2.24, 2.45) is 34.5 Å². The Morgan fingerprint density at radius 2 is 1.85 bits per heavy atom. The maximum Gasteiger partial charge on any atom is 0.364 e. The second-order valence-electron chi connectivity index (χ2n) is 9.62. The fraction of sp³-hybridized carbons (Fsp3) is 0.727. The van der Waals surface area contributed by atoms with E-state index >= 15 is 0 Å². The highest BCUT2D eigenvalue weighted by Gasteiger charge is 2.60. The van der Waals surface area contributed by atoms with Crippen molar-refractivity contribution >= 4 is 11.8 Å². The molecular weight excluding hydrogens is 331 g/mol. The van der Waals surface area contributed by atoms with Gasteiger partial charge >= 0.3 is 5.97 Å². The first-order valence-electron chi connectivity index (χ1n) is 10.0. The molecule has 4 rings (SSSR count). The first-order chi connectivity index (χ1) is 12.2. The summed E-state index contributed by atoms with van der Waals surface area (Å²) in [6.45, 7) is 6.71. The molecule has 142 valence electrons. The highest BCUT2D eigenvalue weighted by Crippen LogP contribution is 2.68. The van der Waals surface area contributed by atoms with Crippen LogP contribution in [0.25, 0.3) is 0 Å². The topological polar surface area (TPSA) is 54.4 Å². The Labute approximate surface area is 154 Å². The van der Waals surface area contributed by atoms with Crippen molar-refractivity contribution in [3.63, 3.8) is 0 Å². The molecule has 26 heavy (non-hydrogen) atoms. The third kappa shape index (κ3) is 2.30. The molecule has 0 saturated heterocycles. The van der Waals surface area contributed by atoms with Gasteiger partial charge in [-0.2, -0.15) is 4.39 Å². The smallest absolute Gasteiger partial charge is 0.364 e. The molecule has 0 aromatic rings. The minimum Gasteiger partial charge on any atom is -0.476 e. The Balaban J connectivity index is 1.74. The van der Waals surface area contributed by atoms with Crippen molar-refractivity contribution in [2.75, 3.05) is 0 Å². The van der Waals surface area contributed by atoms with E-state index in [9.17, 15) is 19.1 Å². The summed E-state index contributed by atoms with van der Waals surface area (Å²) in [5.41, 5.74) is 1.65. The average Bonchev–Trinajstić information content (AvgIpc) is 2.93. The van der Waals surface area contributed by atoms with Crippen LogP contribution in [0, 0.1) is 34.5 Å². The molecule has 3 saturated carbocycles. The Bertz CT molecular complexity index is 736. The van der Waals surface area contributed by atoms with Crippen LogP contribution in [-0.2, 0) is 9.59 Å². The number of carboxylic acids is 1. The lowest BCUT2D eigenvalue weighted by atomic mass is 9.45. The third-order valence-electron chi connectivity index (χ3n) is 8.55. The number of halogens is 1. The largest absolute Gasteiger partial charge is 0.476 e. The Kier molecular flexibility index (Phi) is 3.98. The van der Waals surface area contributed by atoms with E-state index in [1.807, 2.05) is 6.08 Å². The lowest BCUT2D eigenvalue weighted by molar-refractivity contribution is -0.134. The lowest BCUT2D eigenvalue weighted by Gasteiger charge is -2.59. The number of hydrogen-bond donors (Lipinski definition) is 1. The summed E-state index contributed by atoms with van der Waals surface area (Å²) in [4.78, 5) is 23.2. The lowest BCUT2D eigenvalue weighted by Crippen LogP contribution is -2.52. The van der Waals surface area contributed by atoms with Gasteiger partial charge in [-0.15, -0.1) is 0 Å². The van der Waals surface area contributed by atoms with Gasteiger partial charge in [0.15, 0.2) is 5.78 Å². The molecule has 4 aliphatic carbocycles. The van der Waals surface area contributed by atoms with Crippen LogP contribution in [0.2, 0.25) is 0 Å². The van der Waals surface area contributed by atoms with E-state index in [2.05, 4.69) is 20.8 Å². The number of carbonyl (C=O) groups excluding carboxylic acids is 1. The van der Waals surface area contributed by atoms with Gasteiger partial charge in [-0.25, -0.2) is 4.79 Å². The van der Waals surface area contributed by atoms with Gasteiger partial charge in [0, 0.05) is 6.42 Å². The van der Waals surface area contributed by atoms with E-state index in [1.54, 1.807) is 0 Å². The zero-order chi connectivity index (χ0) is 18.9. The monoisotopic (exact) mass is 360 g/mol. The van der Waals surface area contributed by atoms with Crippen LogP contribution in [0.4, 0.5) is 4.39 Å². The number of hydrogen-bond acceptors (Lipinski definition) is 2. The molecular formula is C22H29FO3. The van der Waals surface area contributed by atoms with Crippen LogP contribution in [-0.4, -0.2) is 16.9 Å². The molecule has 0 aromatic heterocycles. The van der Waals surface area contributed by atoms with Crippen LogP contribution >= 0.6 is 0 Å². The molecule has 0 spiro atoms. The molecule has 0 heterocycles. The maximum atomic E-state index is 14.4. The quantitative estimate of drug-likeness (QED) is 0.664. The summed E-state index contributed by atoms with van der Waals surface area (Å²) >= 11 is 0. The highest BCUT2D eigenvalue weighted by atomic mass is 19.1. The van der Waals surface area contributed by atoms with Crippen molar-refractivity contribution < 1.29 is 19.1 Å². The van der Waals surface area contributed by atoms with Crippen LogP contribution in [0.3, 0.4) is 0 Å².